The zero-order valence-electron chi connectivity index (χ0n) is 17.8. The normalized spacial score (nSPS) is 20.1. The molecule has 0 spiro atoms. The van der Waals surface area contributed by atoms with Crippen molar-refractivity contribution in [3.05, 3.63) is 35.5 Å². The van der Waals surface area contributed by atoms with Gasteiger partial charge < -0.3 is 23.5 Å². The predicted octanol–water partition coefficient (Wildman–Crippen LogP) is 3.13. The first-order valence-corrected chi connectivity index (χ1v) is 11.3. The third-order valence-corrected chi connectivity index (χ3v) is 6.36. The number of ether oxygens (including phenoxy) is 3. The van der Waals surface area contributed by atoms with Crippen LogP contribution in [0.4, 0.5) is 0 Å². The van der Waals surface area contributed by atoms with Crippen molar-refractivity contribution < 1.29 is 23.4 Å². The summed E-state index contributed by atoms with van der Waals surface area (Å²) in [6, 6.07) is 5.78. The molecule has 166 valence electrons. The maximum absolute atomic E-state index is 12.9. The molecule has 3 aliphatic rings. The highest BCUT2D eigenvalue weighted by Gasteiger charge is 2.27. The van der Waals surface area contributed by atoms with Crippen LogP contribution in [0.1, 0.15) is 55.9 Å². The third kappa shape index (κ3) is 5.01. The minimum atomic E-state index is 0.151. The number of carbonyl (C=O) groups is 1. The van der Waals surface area contributed by atoms with Crippen LogP contribution in [0.25, 0.3) is 0 Å². The van der Waals surface area contributed by atoms with E-state index in [1.807, 2.05) is 23.1 Å². The average Bonchev–Trinajstić information content (AvgIpc) is 3.49. The van der Waals surface area contributed by atoms with Gasteiger partial charge in [0, 0.05) is 32.5 Å². The van der Waals surface area contributed by atoms with Gasteiger partial charge in [0.15, 0.2) is 11.5 Å². The summed E-state index contributed by atoms with van der Waals surface area (Å²) in [5.74, 6) is 3.32. The summed E-state index contributed by atoms with van der Waals surface area (Å²) in [6.45, 7) is 2.61. The van der Waals surface area contributed by atoms with Gasteiger partial charge in [0.25, 0.3) is 0 Å². The molecule has 1 aromatic carbocycles. The number of hydrogen-bond acceptors (Lipinski definition) is 7. The smallest absolute Gasteiger partial charge is 0.231 e. The van der Waals surface area contributed by atoms with Gasteiger partial charge in [0.05, 0.1) is 12.5 Å². The van der Waals surface area contributed by atoms with E-state index in [0.717, 1.165) is 43.1 Å². The number of aromatic nitrogens is 2. The Morgan fingerprint density at radius 3 is 2.71 bits per heavy atom. The van der Waals surface area contributed by atoms with Crippen LogP contribution in [0.5, 0.6) is 11.5 Å². The summed E-state index contributed by atoms with van der Waals surface area (Å²) >= 11 is 0. The topological polar surface area (TPSA) is 86.9 Å². The van der Waals surface area contributed by atoms with Gasteiger partial charge in [0.1, 0.15) is 0 Å². The lowest BCUT2D eigenvalue weighted by atomic mass is 9.85. The second-order valence-electron chi connectivity index (χ2n) is 8.68. The van der Waals surface area contributed by atoms with Gasteiger partial charge in [-0.2, -0.15) is 0 Å². The number of carbonyl (C=O) groups excluding carboxylic acids is 1. The summed E-state index contributed by atoms with van der Waals surface area (Å²) < 4.78 is 22.3. The minimum Gasteiger partial charge on any atom is -0.454 e. The predicted molar refractivity (Wildman–Crippen MR) is 111 cm³/mol. The van der Waals surface area contributed by atoms with E-state index in [1.54, 1.807) is 0 Å². The Morgan fingerprint density at radius 2 is 1.90 bits per heavy atom. The van der Waals surface area contributed by atoms with Crippen molar-refractivity contribution in [2.75, 3.05) is 26.5 Å². The van der Waals surface area contributed by atoms with E-state index in [0.29, 0.717) is 43.5 Å². The second-order valence-corrected chi connectivity index (χ2v) is 8.68. The van der Waals surface area contributed by atoms with Crippen LogP contribution in [0.2, 0.25) is 0 Å². The van der Waals surface area contributed by atoms with Gasteiger partial charge in [0.2, 0.25) is 24.5 Å². The summed E-state index contributed by atoms with van der Waals surface area (Å²) in [4.78, 5) is 14.9. The Balaban J connectivity index is 1.15. The van der Waals surface area contributed by atoms with Gasteiger partial charge in [-0.15, -0.1) is 10.2 Å². The molecule has 1 saturated heterocycles. The van der Waals surface area contributed by atoms with Crippen molar-refractivity contribution in [2.24, 2.45) is 5.92 Å². The molecular weight excluding hydrogens is 398 g/mol. The van der Waals surface area contributed by atoms with Crippen LogP contribution in [-0.2, 0) is 22.4 Å². The van der Waals surface area contributed by atoms with Crippen molar-refractivity contribution in [3.8, 4) is 11.5 Å². The number of hydrogen-bond donors (Lipinski definition) is 0. The molecule has 3 heterocycles. The van der Waals surface area contributed by atoms with Gasteiger partial charge in [-0.05, 0) is 49.3 Å². The first-order valence-electron chi connectivity index (χ1n) is 11.3. The summed E-state index contributed by atoms with van der Waals surface area (Å²) in [5.41, 5.74) is 1.01. The van der Waals surface area contributed by atoms with E-state index < -0.39 is 0 Å². The molecular formula is C23H29N3O5. The molecule has 0 radical (unpaired) electrons. The largest absolute Gasteiger partial charge is 0.454 e. The fourth-order valence-corrected chi connectivity index (χ4v) is 4.36. The Labute approximate surface area is 181 Å². The Bertz CT molecular complexity index is 904. The van der Waals surface area contributed by atoms with Gasteiger partial charge in [-0.1, -0.05) is 12.5 Å². The second kappa shape index (κ2) is 9.26. The fourth-order valence-electron chi connectivity index (χ4n) is 4.36. The highest BCUT2D eigenvalue weighted by molar-refractivity contribution is 5.76. The first-order chi connectivity index (χ1) is 15.2. The lowest BCUT2D eigenvalue weighted by Gasteiger charge is -2.33. The fraction of sp³-hybridized carbons (Fsp3) is 0.609. The van der Waals surface area contributed by atoms with Crippen LogP contribution in [0, 0.1) is 5.92 Å². The lowest BCUT2D eigenvalue weighted by molar-refractivity contribution is -0.134. The molecule has 2 aliphatic heterocycles. The van der Waals surface area contributed by atoms with Crippen LogP contribution < -0.4 is 9.47 Å². The maximum Gasteiger partial charge on any atom is 0.231 e. The van der Waals surface area contributed by atoms with E-state index in [4.69, 9.17) is 18.6 Å². The molecule has 2 fully saturated rings. The molecule has 31 heavy (non-hydrogen) atoms. The molecule has 0 bridgehead atoms. The van der Waals surface area contributed by atoms with Crippen LogP contribution in [0.15, 0.2) is 22.6 Å². The number of amides is 1. The van der Waals surface area contributed by atoms with E-state index >= 15 is 0 Å². The van der Waals surface area contributed by atoms with Crippen LogP contribution in [0.3, 0.4) is 0 Å². The number of rotatable bonds is 9. The van der Waals surface area contributed by atoms with Gasteiger partial charge in [-0.25, -0.2) is 0 Å². The monoisotopic (exact) mass is 427 g/mol. The Morgan fingerprint density at radius 1 is 1.03 bits per heavy atom. The molecule has 8 heteroatoms. The van der Waals surface area contributed by atoms with E-state index in [-0.39, 0.29) is 18.8 Å². The van der Waals surface area contributed by atoms with E-state index in [9.17, 15) is 4.79 Å². The van der Waals surface area contributed by atoms with Crippen molar-refractivity contribution >= 4 is 5.91 Å². The lowest BCUT2D eigenvalue weighted by Crippen LogP contribution is -2.41. The molecule has 1 atom stereocenters. The number of fused-ring (bicyclic) bond motifs is 1. The number of nitrogens with zero attached hydrogens (tertiary/aromatic N) is 3. The van der Waals surface area contributed by atoms with Crippen molar-refractivity contribution in [1.82, 2.24) is 15.1 Å². The van der Waals surface area contributed by atoms with E-state index in [1.165, 1.54) is 19.3 Å². The molecule has 2 aromatic rings. The zero-order valence-corrected chi connectivity index (χ0v) is 17.8. The molecule has 0 N–H and O–H groups in total. The molecule has 5 rings (SSSR count). The molecule has 0 unspecified atom stereocenters. The molecule has 1 aliphatic carbocycles. The van der Waals surface area contributed by atoms with E-state index in [2.05, 4.69) is 10.2 Å². The van der Waals surface area contributed by atoms with Crippen molar-refractivity contribution in [2.45, 2.75) is 57.5 Å². The Kier molecular flexibility index (Phi) is 6.06. The summed E-state index contributed by atoms with van der Waals surface area (Å²) in [5, 5.41) is 8.29. The SMILES string of the molecule is O=C(CCc1nnc(Cc2ccc3c(c2)OCO3)o1)N(CC1CCC1)C[C@@H]1CCCO1. The van der Waals surface area contributed by atoms with Crippen molar-refractivity contribution in [3.63, 3.8) is 0 Å². The van der Waals surface area contributed by atoms with Gasteiger partial charge in [-0.3, -0.25) is 4.79 Å². The maximum atomic E-state index is 12.9. The third-order valence-electron chi connectivity index (χ3n) is 6.36. The molecule has 1 aromatic heterocycles. The van der Waals surface area contributed by atoms with Crippen LogP contribution >= 0.6 is 0 Å². The first kappa shape index (κ1) is 20.3. The Hall–Kier alpha value is -2.61. The highest BCUT2D eigenvalue weighted by Crippen LogP contribution is 2.33. The minimum absolute atomic E-state index is 0.151. The van der Waals surface area contributed by atoms with Gasteiger partial charge >= 0.3 is 0 Å². The zero-order chi connectivity index (χ0) is 21.0. The summed E-state index contributed by atoms with van der Waals surface area (Å²) in [6.07, 6.45) is 7.40. The molecule has 8 nitrogen and oxygen atoms in total. The standard InChI is InChI=1S/C23H29N3O5/c27-23(26(13-16-3-1-4-16)14-18-5-2-10-28-18)9-8-21-24-25-22(31-21)12-17-6-7-19-20(11-17)30-15-29-19/h6-7,11,16,18H,1-5,8-10,12-15H2/t18-/m0/s1. The van der Waals surface area contributed by atoms with Crippen LogP contribution in [-0.4, -0.2) is 53.6 Å². The average molecular weight is 428 g/mol. The molecule has 1 amide bonds. The molecule has 1 saturated carbocycles. The van der Waals surface area contributed by atoms with Crippen molar-refractivity contribution in [1.29, 1.82) is 0 Å². The quantitative estimate of drug-likeness (QED) is 0.608. The number of benzene rings is 1. The summed E-state index contributed by atoms with van der Waals surface area (Å²) in [7, 11) is 0. The highest BCUT2D eigenvalue weighted by atomic mass is 16.7. The number of aryl methyl sites for hydroxylation is 1.